The van der Waals surface area contributed by atoms with Gasteiger partial charge in [0, 0.05) is 37.2 Å². The third-order valence-electron chi connectivity index (χ3n) is 6.25. The molecule has 0 bridgehead atoms. The van der Waals surface area contributed by atoms with Crippen molar-refractivity contribution in [2.75, 3.05) is 41.9 Å². The molecule has 1 aliphatic rings. The fourth-order valence-electron chi connectivity index (χ4n) is 4.22. The Morgan fingerprint density at radius 1 is 1.17 bits per heavy atom. The molecule has 2 heterocycles. The lowest BCUT2D eigenvalue weighted by Gasteiger charge is -2.30. The highest BCUT2D eigenvalue weighted by Crippen LogP contribution is 2.38. The van der Waals surface area contributed by atoms with Gasteiger partial charge in [-0.05, 0) is 19.1 Å². The van der Waals surface area contributed by atoms with Crippen molar-refractivity contribution in [1.82, 2.24) is 9.55 Å². The van der Waals surface area contributed by atoms with Crippen molar-refractivity contribution in [2.45, 2.75) is 19.1 Å². The number of fused-ring (bicyclic) bond motifs is 1. The lowest BCUT2D eigenvalue weighted by Crippen LogP contribution is -2.40. The van der Waals surface area contributed by atoms with Crippen LogP contribution in [0.25, 0.3) is 10.9 Å². The summed E-state index contributed by atoms with van der Waals surface area (Å²) in [5, 5.41) is 3.31. The van der Waals surface area contributed by atoms with Crippen LogP contribution in [-0.2, 0) is 23.1 Å². The van der Waals surface area contributed by atoms with Crippen LogP contribution in [0.15, 0.2) is 35.1 Å². The fourth-order valence-corrected chi connectivity index (χ4v) is 5.42. The molecule has 1 saturated heterocycles. The minimum atomic E-state index is -4.86. The Morgan fingerprint density at radius 2 is 1.83 bits per heavy atom. The Hall–Kier alpha value is -3.35. The number of anilines is 2. The van der Waals surface area contributed by atoms with Crippen molar-refractivity contribution in [3.05, 3.63) is 57.8 Å². The summed E-state index contributed by atoms with van der Waals surface area (Å²) in [6, 6.07) is 5.32. The molecule has 1 aromatic heterocycles. The zero-order chi connectivity index (χ0) is 26.4. The Kier molecular flexibility index (Phi) is 6.62. The number of alkyl halides is 3. The SMILES string of the molecule is COc1cc2c(cc1N1CCS(=O)(=O)CC1)c(N[C@H](C)c1cccc(C(F)(F)F)c1F)nc(=O)n2C. The zero-order valence-electron chi connectivity index (χ0n) is 19.7. The maximum Gasteiger partial charge on any atom is 0.419 e. The van der Waals surface area contributed by atoms with Crippen LogP contribution < -0.4 is 20.6 Å². The fraction of sp³-hybridized carbons (Fsp3) is 0.391. The maximum atomic E-state index is 14.7. The van der Waals surface area contributed by atoms with Crippen molar-refractivity contribution in [1.29, 1.82) is 0 Å². The van der Waals surface area contributed by atoms with Crippen LogP contribution in [0.4, 0.5) is 29.1 Å². The molecule has 8 nitrogen and oxygen atoms in total. The first-order valence-corrected chi connectivity index (χ1v) is 12.8. The summed E-state index contributed by atoms with van der Waals surface area (Å²) in [5.41, 5.74) is -1.28. The predicted octanol–water partition coefficient (Wildman–Crippen LogP) is 3.51. The molecule has 13 heteroatoms. The van der Waals surface area contributed by atoms with E-state index in [1.54, 1.807) is 12.1 Å². The molecule has 1 aliphatic heterocycles. The predicted molar refractivity (Wildman–Crippen MR) is 128 cm³/mol. The third-order valence-corrected chi connectivity index (χ3v) is 7.86. The molecule has 1 N–H and O–H groups in total. The Balaban J connectivity index is 1.80. The summed E-state index contributed by atoms with van der Waals surface area (Å²) in [7, 11) is -0.189. The highest BCUT2D eigenvalue weighted by Gasteiger charge is 2.35. The lowest BCUT2D eigenvalue weighted by atomic mass is 10.0. The normalized spacial score (nSPS) is 16.7. The lowest BCUT2D eigenvalue weighted by molar-refractivity contribution is -0.140. The van der Waals surface area contributed by atoms with E-state index in [9.17, 15) is 30.8 Å². The number of sulfone groups is 1. The van der Waals surface area contributed by atoms with Gasteiger partial charge in [0.2, 0.25) is 0 Å². The average Bonchev–Trinajstić information content (AvgIpc) is 2.81. The minimum absolute atomic E-state index is 0.0311. The van der Waals surface area contributed by atoms with Crippen LogP contribution in [0.5, 0.6) is 5.75 Å². The molecular weight excluding hydrogens is 504 g/mol. The molecule has 4 rings (SSSR count). The first-order chi connectivity index (χ1) is 16.8. The molecule has 0 saturated carbocycles. The van der Waals surface area contributed by atoms with E-state index < -0.39 is 39.1 Å². The molecule has 0 spiro atoms. The second-order valence-electron chi connectivity index (χ2n) is 8.55. The van der Waals surface area contributed by atoms with E-state index in [-0.39, 0.29) is 36.0 Å². The molecular formula is C23H24F4N4O4S. The molecule has 36 heavy (non-hydrogen) atoms. The highest BCUT2D eigenvalue weighted by atomic mass is 32.2. The summed E-state index contributed by atoms with van der Waals surface area (Å²) in [6.07, 6.45) is -4.86. The van der Waals surface area contributed by atoms with Gasteiger partial charge in [0.25, 0.3) is 0 Å². The number of hydrogen-bond acceptors (Lipinski definition) is 7. The van der Waals surface area contributed by atoms with Crippen LogP contribution in [0.1, 0.15) is 24.1 Å². The van der Waals surface area contributed by atoms with Crippen LogP contribution in [0.2, 0.25) is 0 Å². The summed E-state index contributed by atoms with van der Waals surface area (Å²) in [6.45, 7) is 1.93. The largest absolute Gasteiger partial charge is 0.495 e. The van der Waals surface area contributed by atoms with Crippen molar-refractivity contribution in [2.24, 2.45) is 7.05 Å². The van der Waals surface area contributed by atoms with Crippen LogP contribution in [0.3, 0.4) is 0 Å². The van der Waals surface area contributed by atoms with Crippen LogP contribution in [-0.4, -0.2) is 49.7 Å². The molecule has 1 atom stereocenters. The summed E-state index contributed by atoms with van der Waals surface area (Å²) in [5.74, 6) is -1.01. The number of aromatic nitrogens is 2. The zero-order valence-corrected chi connectivity index (χ0v) is 20.5. The molecule has 194 valence electrons. The second kappa shape index (κ2) is 9.26. The molecule has 0 amide bonds. The number of methoxy groups -OCH3 is 1. The number of hydrogen-bond donors (Lipinski definition) is 1. The summed E-state index contributed by atoms with van der Waals surface area (Å²) >= 11 is 0. The standard InChI is InChI=1S/C23H24F4N4O4S/c1-13(14-5-4-6-16(20(14)24)23(25,26)27)28-21-15-11-18(31-7-9-36(33,34)10-8-31)19(35-3)12-17(15)30(2)22(32)29-21/h4-6,11-13H,7-10H2,1-3H3,(H,28,29,32)/t13-/m1/s1. The second-order valence-corrected chi connectivity index (χ2v) is 10.9. The number of aryl methyl sites for hydroxylation is 1. The number of ether oxygens (including phenoxy) is 1. The molecule has 0 unspecified atom stereocenters. The van der Waals surface area contributed by atoms with Crippen LogP contribution >= 0.6 is 0 Å². The topological polar surface area (TPSA) is 93.5 Å². The molecule has 0 radical (unpaired) electrons. The maximum absolute atomic E-state index is 14.7. The summed E-state index contributed by atoms with van der Waals surface area (Å²) in [4.78, 5) is 18.4. The van der Waals surface area contributed by atoms with Gasteiger partial charge in [0.15, 0.2) is 9.84 Å². The van der Waals surface area contributed by atoms with E-state index >= 15 is 0 Å². The number of nitrogens with one attached hydrogen (secondary N) is 1. The third kappa shape index (κ3) is 4.84. The Morgan fingerprint density at radius 3 is 2.44 bits per heavy atom. The van der Waals surface area contributed by atoms with Gasteiger partial charge in [0.1, 0.15) is 17.4 Å². The van der Waals surface area contributed by atoms with E-state index in [2.05, 4.69) is 10.3 Å². The van der Waals surface area contributed by atoms with Crippen molar-refractivity contribution in [3.8, 4) is 5.75 Å². The first-order valence-electron chi connectivity index (χ1n) is 11.0. The molecule has 1 fully saturated rings. The molecule has 3 aromatic rings. The van der Waals surface area contributed by atoms with E-state index in [0.29, 0.717) is 28.4 Å². The quantitative estimate of drug-likeness (QED) is 0.507. The van der Waals surface area contributed by atoms with E-state index in [1.165, 1.54) is 31.7 Å². The average molecular weight is 529 g/mol. The van der Waals surface area contributed by atoms with E-state index in [1.807, 2.05) is 4.90 Å². The molecule has 2 aromatic carbocycles. The van der Waals surface area contributed by atoms with Gasteiger partial charge >= 0.3 is 11.9 Å². The number of benzene rings is 2. The monoisotopic (exact) mass is 528 g/mol. The minimum Gasteiger partial charge on any atom is -0.495 e. The van der Waals surface area contributed by atoms with Gasteiger partial charge in [0.05, 0.1) is 41.4 Å². The number of halogens is 4. The van der Waals surface area contributed by atoms with Crippen molar-refractivity contribution >= 4 is 32.2 Å². The van der Waals surface area contributed by atoms with Gasteiger partial charge in [-0.15, -0.1) is 0 Å². The summed E-state index contributed by atoms with van der Waals surface area (Å²) < 4.78 is 84.9. The Bertz CT molecular complexity index is 1470. The van der Waals surface area contributed by atoms with Gasteiger partial charge in [-0.2, -0.15) is 18.2 Å². The highest BCUT2D eigenvalue weighted by molar-refractivity contribution is 7.91. The van der Waals surface area contributed by atoms with E-state index in [0.717, 1.165) is 6.07 Å². The Labute approximate surface area is 204 Å². The number of nitrogens with zero attached hydrogens (tertiary/aromatic N) is 3. The van der Waals surface area contributed by atoms with Crippen molar-refractivity contribution in [3.63, 3.8) is 0 Å². The first kappa shape index (κ1) is 25.7. The van der Waals surface area contributed by atoms with Gasteiger partial charge in [-0.1, -0.05) is 12.1 Å². The van der Waals surface area contributed by atoms with E-state index in [4.69, 9.17) is 4.74 Å². The van der Waals surface area contributed by atoms with Crippen molar-refractivity contribution < 1.29 is 30.7 Å². The number of rotatable bonds is 5. The van der Waals surface area contributed by atoms with Gasteiger partial charge < -0.3 is 15.0 Å². The molecule has 0 aliphatic carbocycles. The van der Waals surface area contributed by atoms with Gasteiger partial charge in [-0.25, -0.2) is 17.6 Å². The van der Waals surface area contributed by atoms with Crippen LogP contribution in [0, 0.1) is 5.82 Å². The smallest absolute Gasteiger partial charge is 0.419 e. The van der Waals surface area contributed by atoms with Gasteiger partial charge in [-0.3, -0.25) is 4.57 Å².